The summed E-state index contributed by atoms with van der Waals surface area (Å²) in [5.41, 5.74) is 0.594. The van der Waals surface area contributed by atoms with Gasteiger partial charge < -0.3 is 9.64 Å². The number of nitrogens with zero attached hydrogens (tertiary/aromatic N) is 2. The zero-order valence-electron chi connectivity index (χ0n) is 13.3. The minimum absolute atomic E-state index is 0.0243. The third kappa shape index (κ3) is 5.19. The fourth-order valence-electron chi connectivity index (χ4n) is 2.10. The second kappa shape index (κ2) is 8.42. The van der Waals surface area contributed by atoms with E-state index in [0.717, 1.165) is 0 Å². The van der Waals surface area contributed by atoms with Crippen molar-refractivity contribution in [3.8, 4) is 5.75 Å². The second-order valence-corrected chi connectivity index (χ2v) is 4.89. The monoisotopic (exact) mass is 292 g/mol. The average molecular weight is 292 g/mol. The number of rotatable bonds is 8. The van der Waals surface area contributed by atoms with Gasteiger partial charge in [0.05, 0.1) is 20.2 Å². The Bertz CT molecular complexity index is 484. The standard InChI is InChI=1S/C16H24N2O3/c1-5-18(6-2)16(20)12-17(3)11-15(19)13-8-7-9-14(10-13)21-4/h7-10H,5-6,11-12H2,1-4H3. The second-order valence-electron chi connectivity index (χ2n) is 4.89. The van der Waals surface area contributed by atoms with Crippen LogP contribution in [0.5, 0.6) is 5.75 Å². The van der Waals surface area contributed by atoms with Crippen molar-refractivity contribution in [1.29, 1.82) is 0 Å². The molecule has 5 nitrogen and oxygen atoms in total. The van der Waals surface area contributed by atoms with Crippen molar-refractivity contribution < 1.29 is 14.3 Å². The number of ether oxygens (including phenoxy) is 1. The Kier molecular flexibility index (Phi) is 6.88. The van der Waals surface area contributed by atoms with Crippen LogP contribution in [0, 0.1) is 0 Å². The van der Waals surface area contributed by atoms with Gasteiger partial charge in [-0.15, -0.1) is 0 Å². The molecule has 0 heterocycles. The zero-order chi connectivity index (χ0) is 15.8. The Morgan fingerprint density at radius 3 is 2.38 bits per heavy atom. The van der Waals surface area contributed by atoms with Gasteiger partial charge in [0.25, 0.3) is 0 Å². The third-order valence-corrected chi connectivity index (χ3v) is 3.33. The van der Waals surface area contributed by atoms with E-state index in [0.29, 0.717) is 24.4 Å². The first-order valence-corrected chi connectivity index (χ1v) is 7.15. The van der Waals surface area contributed by atoms with Crippen molar-refractivity contribution in [3.05, 3.63) is 29.8 Å². The Balaban J connectivity index is 2.59. The topological polar surface area (TPSA) is 49.9 Å². The lowest BCUT2D eigenvalue weighted by atomic mass is 10.1. The Labute approximate surface area is 126 Å². The number of likely N-dealkylation sites (N-methyl/N-ethyl adjacent to an activating group) is 2. The fraction of sp³-hybridized carbons (Fsp3) is 0.500. The molecule has 1 rings (SSSR count). The highest BCUT2D eigenvalue weighted by Crippen LogP contribution is 2.13. The van der Waals surface area contributed by atoms with E-state index < -0.39 is 0 Å². The zero-order valence-corrected chi connectivity index (χ0v) is 13.3. The van der Waals surface area contributed by atoms with E-state index in [-0.39, 0.29) is 24.8 Å². The maximum Gasteiger partial charge on any atom is 0.236 e. The maximum absolute atomic E-state index is 12.2. The summed E-state index contributed by atoms with van der Waals surface area (Å²) in [5.74, 6) is 0.674. The number of carbonyl (C=O) groups is 2. The van der Waals surface area contributed by atoms with Gasteiger partial charge in [-0.1, -0.05) is 12.1 Å². The van der Waals surface area contributed by atoms with E-state index in [1.165, 1.54) is 0 Å². The number of amides is 1. The van der Waals surface area contributed by atoms with Crippen LogP contribution in [-0.4, -0.2) is 61.8 Å². The fourth-order valence-corrected chi connectivity index (χ4v) is 2.10. The van der Waals surface area contributed by atoms with Crippen LogP contribution in [0.15, 0.2) is 24.3 Å². The van der Waals surface area contributed by atoms with Gasteiger partial charge >= 0.3 is 0 Å². The van der Waals surface area contributed by atoms with E-state index in [1.807, 2.05) is 13.8 Å². The van der Waals surface area contributed by atoms with Crippen molar-refractivity contribution in [1.82, 2.24) is 9.80 Å². The largest absolute Gasteiger partial charge is 0.497 e. The summed E-state index contributed by atoms with van der Waals surface area (Å²) < 4.78 is 5.11. The number of carbonyl (C=O) groups excluding carboxylic acids is 2. The summed E-state index contributed by atoms with van der Waals surface area (Å²) in [5, 5.41) is 0. The predicted octanol–water partition coefficient (Wildman–Crippen LogP) is 1.68. The van der Waals surface area contributed by atoms with Crippen LogP contribution in [0.2, 0.25) is 0 Å². The molecular weight excluding hydrogens is 268 g/mol. The highest BCUT2D eigenvalue weighted by molar-refractivity contribution is 5.98. The molecule has 21 heavy (non-hydrogen) atoms. The van der Waals surface area contributed by atoms with Crippen LogP contribution < -0.4 is 4.74 Å². The molecule has 0 bridgehead atoms. The van der Waals surface area contributed by atoms with Crippen LogP contribution >= 0.6 is 0 Å². The molecule has 0 N–H and O–H groups in total. The quantitative estimate of drug-likeness (QED) is 0.684. The molecule has 0 unspecified atom stereocenters. The number of ketones is 1. The minimum Gasteiger partial charge on any atom is -0.497 e. The highest BCUT2D eigenvalue weighted by atomic mass is 16.5. The van der Waals surface area contributed by atoms with Crippen LogP contribution in [0.1, 0.15) is 24.2 Å². The van der Waals surface area contributed by atoms with Crippen LogP contribution in [-0.2, 0) is 4.79 Å². The van der Waals surface area contributed by atoms with Crippen LogP contribution in [0.4, 0.5) is 0 Å². The van der Waals surface area contributed by atoms with Crippen molar-refractivity contribution >= 4 is 11.7 Å². The third-order valence-electron chi connectivity index (χ3n) is 3.33. The van der Waals surface area contributed by atoms with Gasteiger partial charge in [0.2, 0.25) is 5.91 Å². The van der Waals surface area contributed by atoms with Gasteiger partial charge in [-0.25, -0.2) is 0 Å². The molecule has 0 atom stereocenters. The average Bonchev–Trinajstić information content (AvgIpc) is 2.48. The minimum atomic E-state index is -0.0243. The van der Waals surface area contributed by atoms with Gasteiger partial charge in [-0.2, -0.15) is 0 Å². The number of benzene rings is 1. The number of Topliss-reactive ketones (excluding diaryl/α,β-unsaturated/α-hetero) is 1. The van der Waals surface area contributed by atoms with Crippen LogP contribution in [0.3, 0.4) is 0 Å². The normalized spacial score (nSPS) is 10.5. The molecule has 0 radical (unpaired) electrons. The molecule has 1 amide bonds. The molecule has 5 heteroatoms. The number of hydrogen-bond acceptors (Lipinski definition) is 4. The van der Waals surface area contributed by atoms with Crippen molar-refractivity contribution in [3.63, 3.8) is 0 Å². The summed E-state index contributed by atoms with van der Waals surface area (Å²) in [6, 6.07) is 7.05. The molecule has 0 aliphatic carbocycles. The Morgan fingerprint density at radius 2 is 1.81 bits per heavy atom. The highest BCUT2D eigenvalue weighted by Gasteiger charge is 2.15. The SMILES string of the molecule is CCN(CC)C(=O)CN(C)CC(=O)c1cccc(OC)c1. The van der Waals surface area contributed by atoms with Crippen LogP contribution in [0.25, 0.3) is 0 Å². The molecule has 0 saturated carbocycles. The molecule has 0 aromatic heterocycles. The smallest absolute Gasteiger partial charge is 0.236 e. The van der Waals surface area contributed by atoms with Gasteiger partial charge in [0, 0.05) is 18.7 Å². The Hall–Kier alpha value is -1.88. The van der Waals surface area contributed by atoms with Gasteiger partial charge in [0.15, 0.2) is 5.78 Å². The first kappa shape index (κ1) is 17.2. The molecule has 116 valence electrons. The van der Waals surface area contributed by atoms with E-state index in [4.69, 9.17) is 4.74 Å². The van der Waals surface area contributed by atoms with Gasteiger partial charge in [-0.3, -0.25) is 14.5 Å². The number of methoxy groups -OCH3 is 1. The Morgan fingerprint density at radius 1 is 1.14 bits per heavy atom. The number of hydrogen-bond donors (Lipinski definition) is 0. The predicted molar refractivity (Wildman–Crippen MR) is 82.7 cm³/mol. The lowest BCUT2D eigenvalue weighted by Gasteiger charge is -2.22. The van der Waals surface area contributed by atoms with Crippen molar-refractivity contribution in [2.75, 3.05) is 40.3 Å². The van der Waals surface area contributed by atoms with E-state index in [1.54, 1.807) is 48.2 Å². The molecule has 1 aromatic rings. The molecular formula is C16H24N2O3. The van der Waals surface area contributed by atoms with Crippen molar-refractivity contribution in [2.45, 2.75) is 13.8 Å². The molecule has 0 aliphatic rings. The lowest BCUT2D eigenvalue weighted by Crippen LogP contribution is -2.40. The molecule has 0 spiro atoms. The van der Waals surface area contributed by atoms with E-state index in [9.17, 15) is 9.59 Å². The first-order chi connectivity index (χ1) is 10.0. The molecule has 0 fully saturated rings. The molecule has 0 saturated heterocycles. The van der Waals surface area contributed by atoms with Gasteiger partial charge in [-0.05, 0) is 33.0 Å². The lowest BCUT2D eigenvalue weighted by molar-refractivity contribution is -0.131. The summed E-state index contributed by atoms with van der Waals surface area (Å²) in [4.78, 5) is 27.7. The van der Waals surface area contributed by atoms with Gasteiger partial charge in [0.1, 0.15) is 5.75 Å². The van der Waals surface area contributed by atoms with E-state index in [2.05, 4.69) is 0 Å². The molecule has 1 aromatic carbocycles. The molecule has 0 aliphatic heterocycles. The van der Waals surface area contributed by atoms with Crippen molar-refractivity contribution in [2.24, 2.45) is 0 Å². The summed E-state index contributed by atoms with van der Waals surface area (Å²) >= 11 is 0. The van der Waals surface area contributed by atoms with E-state index >= 15 is 0 Å². The first-order valence-electron chi connectivity index (χ1n) is 7.15. The maximum atomic E-state index is 12.2. The summed E-state index contributed by atoms with van der Waals surface area (Å²) in [6.07, 6.45) is 0. The summed E-state index contributed by atoms with van der Waals surface area (Å²) in [7, 11) is 3.35. The summed E-state index contributed by atoms with van der Waals surface area (Å²) in [6.45, 7) is 5.73.